The highest BCUT2D eigenvalue weighted by atomic mass is 19.1. The molecule has 0 bridgehead atoms. The van der Waals surface area contributed by atoms with Crippen LogP contribution in [0.15, 0.2) is 30.5 Å². The number of benzene rings is 1. The molecule has 1 aliphatic heterocycles. The largest absolute Gasteiger partial charge is 0.308 e. The number of carbonyl (C=O) groups excluding carboxylic acids is 1. The maximum Gasteiger partial charge on any atom is 0.234 e. The van der Waals surface area contributed by atoms with Crippen LogP contribution in [0.5, 0.6) is 0 Å². The van der Waals surface area contributed by atoms with Gasteiger partial charge in [-0.05, 0) is 31.5 Å². The van der Waals surface area contributed by atoms with Crippen molar-refractivity contribution < 1.29 is 13.6 Å². The third-order valence-corrected chi connectivity index (χ3v) is 5.05. The molecule has 4 heterocycles. The topological polar surface area (TPSA) is 98.5 Å². The zero-order chi connectivity index (χ0) is 21.0. The molecule has 1 amide bonds. The molecule has 4 aromatic rings. The molecule has 0 saturated heterocycles. The summed E-state index contributed by atoms with van der Waals surface area (Å²) in [5, 5.41) is 15.7. The van der Waals surface area contributed by atoms with Gasteiger partial charge < -0.3 is 5.32 Å². The Balaban J connectivity index is 1.64. The van der Waals surface area contributed by atoms with E-state index in [1.807, 2.05) is 0 Å². The van der Waals surface area contributed by atoms with E-state index in [1.54, 1.807) is 26.0 Å². The van der Waals surface area contributed by atoms with Crippen molar-refractivity contribution in [3.63, 3.8) is 0 Å². The summed E-state index contributed by atoms with van der Waals surface area (Å²) in [5.74, 6) is -1.18. The average molecular weight is 407 g/mol. The molecule has 1 N–H and O–H groups in total. The maximum atomic E-state index is 14.4. The number of nitrogens with one attached hydrogen (secondary N) is 1. The van der Waals surface area contributed by atoms with E-state index in [9.17, 15) is 13.6 Å². The molecule has 1 atom stereocenters. The van der Waals surface area contributed by atoms with Crippen molar-refractivity contribution in [2.24, 2.45) is 0 Å². The van der Waals surface area contributed by atoms with Gasteiger partial charge >= 0.3 is 0 Å². The van der Waals surface area contributed by atoms with Gasteiger partial charge in [0.15, 0.2) is 11.5 Å². The van der Waals surface area contributed by atoms with Crippen molar-refractivity contribution in [2.45, 2.75) is 26.3 Å². The van der Waals surface area contributed by atoms with Crippen LogP contribution in [-0.4, -0.2) is 35.9 Å². The number of carbonyl (C=O) groups is 1. The standard InChI is InChI=1S/C20H15F2N7O/c1-9-3-4-11(14(22)5-9)8-29-19-13(6-12(21)7-23-19)16(28-29)18-24-17-15(26-27-18)10(2)20(30)25-17/h3-7,10H,8H2,1-2H3,(H,24,25,27,30). The molecular formula is C20H15F2N7O. The van der Waals surface area contributed by atoms with Crippen LogP contribution in [0.4, 0.5) is 14.6 Å². The van der Waals surface area contributed by atoms with Gasteiger partial charge in [-0.2, -0.15) is 5.10 Å². The second-order valence-electron chi connectivity index (χ2n) is 7.21. The van der Waals surface area contributed by atoms with Crippen LogP contribution in [0.2, 0.25) is 0 Å². The highest BCUT2D eigenvalue weighted by molar-refractivity contribution is 6.01. The Morgan fingerprint density at radius 3 is 2.83 bits per heavy atom. The number of nitrogens with zero attached hydrogens (tertiary/aromatic N) is 6. The summed E-state index contributed by atoms with van der Waals surface area (Å²) in [7, 11) is 0. The van der Waals surface area contributed by atoms with Gasteiger partial charge in [-0.1, -0.05) is 12.1 Å². The Morgan fingerprint density at radius 2 is 2.03 bits per heavy atom. The summed E-state index contributed by atoms with van der Waals surface area (Å²) in [5.41, 5.74) is 2.26. The summed E-state index contributed by atoms with van der Waals surface area (Å²) < 4.78 is 29.8. The summed E-state index contributed by atoms with van der Waals surface area (Å²) in [6, 6.07) is 6.18. The molecule has 5 rings (SSSR count). The number of halogens is 2. The van der Waals surface area contributed by atoms with Crippen LogP contribution in [0.25, 0.3) is 22.6 Å². The summed E-state index contributed by atoms with van der Waals surface area (Å²) in [6.07, 6.45) is 1.07. The van der Waals surface area contributed by atoms with Gasteiger partial charge in [0.2, 0.25) is 11.7 Å². The molecule has 8 nitrogen and oxygen atoms in total. The number of aryl methyl sites for hydroxylation is 1. The van der Waals surface area contributed by atoms with Crippen LogP contribution in [-0.2, 0) is 11.3 Å². The fourth-order valence-electron chi connectivity index (χ4n) is 3.42. The first-order valence-corrected chi connectivity index (χ1v) is 9.23. The molecular weight excluding hydrogens is 392 g/mol. The van der Waals surface area contributed by atoms with E-state index in [2.05, 4.69) is 30.6 Å². The predicted molar refractivity (Wildman–Crippen MR) is 104 cm³/mol. The van der Waals surface area contributed by atoms with Gasteiger partial charge in [0.1, 0.15) is 23.0 Å². The molecule has 0 aliphatic carbocycles. The molecule has 1 aromatic carbocycles. The Labute approximate surface area is 169 Å². The van der Waals surface area contributed by atoms with Crippen molar-refractivity contribution >= 4 is 22.8 Å². The minimum Gasteiger partial charge on any atom is -0.308 e. The van der Waals surface area contributed by atoms with Crippen molar-refractivity contribution in [3.8, 4) is 11.5 Å². The minimum absolute atomic E-state index is 0.0907. The van der Waals surface area contributed by atoms with Crippen LogP contribution < -0.4 is 5.32 Å². The lowest BCUT2D eigenvalue weighted by atomic mass is 10.1. The average Bonchev–Trinajstić information content (AvgIpc) is 3.20. The van der Waals surface area contributed by atoms with Crippen LogP contribution >= 0.6 is 0 Å². The van der Waals surface area contributed by atoms with Gasteiger partial charge in [-0.25, -0.2) is 23.4 Å². The first-order chi connectivity index (χ1) is 14.4. The number of hydrogen-bond donors (Lipinski definition) is 1. The first-order valence-electron chi connectivity index (χ1n) is 9.23. The third-order valence-electron chi connectivity index (χ3n) is 5.05. The smallest absolute Gasteiger partial charge is 0.234 e. The Bertz CT molecular complexity index is 1330. The number of hydrogen-bond acceptors (Lipinski definition) is 6. The molecule has 30 heavy (non-hydrogen) atoms. The SMILES string of the molecule is Cc1ccc(Cn2nc(-c3nnc4c(n3)NC(=O)C4C)c3cc(F)cnc32)c(F)c1. The molecule has 0 saturated carbocycles. The van der Waals surface area contributed by atoms with Crippen molar-refractivity contribution in [1.29, 1.82) is 0 Å². The predicted octanol–water partition coefficient (Wildman–Crippen LogP) is 2.97. The fourth-order valence-corrected chi connectivity index (χ4v) is 3.42. The second-order valence-corrected chi connectivity index (χ2v) is 7.21. The monoisotopic (exact) mass is 407 g/mol. The zero-order valence-corrected chi connectivity index (χ0v) is 16.0. The quantitative estimate of drug-likeness (QED) is 0.561. The number of amides is 1. The van der Waals surface area contributed by atoms with Crippen LogP contribution in [0.1, 0.15) is 29.7 Å². The Kier molecular flexibility index (Phi) is 4.02. The third kappa shape index (κ3) is 2.88. The first kappa shape index (κ1) is 18.2. The fraction of sp³-hybridized carbons (Fsp3) is 0.200. The van der Waals surface area contributed by atoms with E-state index in [1.165, 1.54) is 16.8 Å². The summed E-state index contributed by atoms with van der Waals surface area (Å²) >= 11 is 0. The van der Waals surface area contributed by atoms with E-state index in [-0.39, 0.29) is 29.8 Å². The number of aromatic nitrogens is 6. The van der Waals surface area contributed by atoms with Crippen LogP contribution in [0.3, 0.4) is 0 Å². The van der Waals surface area contributed by atoms with Gasteiger partial charge in [-0.15, -0.1) is 10.2 Å². The van der Waals surface area contributed by atoms with Crippen LogP contribution in [0, 0.1) is 18.6 Å². The van der Waals surface area contributed by atoms with E-state index in [0.29, 0.717) is 28.1 Å². The number of anilines is 1. The normalized spacial score (nSPS) is 15.5. The van der Waals surface area contributed by atoms with Crippen molar-refractivity contribution in [1.82, 2.24) is 29.9 Å². The summed E-state index contributed by atoms with van der Waals surface area (Å²) in [6.45, 7) is 3.60. The molecule has 0 radical (unpaired) electrons. The Morgan fingerprint density at radius 1 is 1.20 bits per heavy atom. The van der Waals surface area contributed by atoms with Crippen molar-refractivity contribution in [2.75, 3.05) is 5.32 Å². The molecule has 1 aliphatic rings. The second kappa shape index (κ2) is 6.61. The lowest BCUT2D eigenvalue weighted by Crippen LogP contribution is -2.08. The molecule has 3 aromatic heterocycles. The lowest BCUT2D eigenvalue weighted by Gasteiger charge is -2.05. The van der Waals surface area contributed by atoms with Gasteiger partial charge in [-0.3, -0.25) is 4.79 Å². The van der Waals surface area contributed by atoms with Gasteiger partial charge in [0.05, 0.1) is 24.0 Å². The lowest BCUT2D eigenvalue weighted by molar-refractivity contribution is -0.116. The highest BCUT2D eigenvalue weighted by Crippen LogP contribution is 2.31. The summed E-state index contributed by atoms with van der Waals surface area (Å²) in [4.78, 5) is 20.3. The van der Waals surface area contributed by atoms with E-state index < -0.39 is 11.7 Å². The number of fused-ring (bicyclic) bond motifs is 2. The number of rotatable bonds is 3. The molecule has 0 fully saturated rings. The Hall–Kier alpha value is -3.82. The molecule has 10 heteroatoms. The van der Waals surface area contributed by atoms with Crippen molar-refractivity contribution in [3.05, 3.63) is 58.9 Å². The van der Waals surface area contributed by atoms with Gasteiger partial charge in [0, 0.05) is 5.56 Å². The molecule has 0 spiro atoms. The van der Waals surface area contributed by atoms with Gasteiger partial charge in [0.25, 0.3) is 0 Å². The van der Waals surface area contributed by atoms with E-state index >= 15 is 0 Å². The molecule has 150 valence electrons. The van der Waals surface area contributed by atoms with E-state index in [4.69, 9.17) is 0 Å². The maximum absolute atomic E-state index is 14.4. The van der Waals surface area contributed by atoms with E-state index in [0.717, 1.165) is 11.8 Å². The number of pyridine rings is 1. The molecule has 1 unspecified atom stereocenters. The highest BCUT2D eigenvalue weighted by Gasteiger charge is 2.31. The zero-order valence-electron chi connectivity index (χ0n) is 16.0. The minimum atomic E-state index is -0.555.